The molecule has 0 bridgehead atoms. The fourth-order valence-electron chi connectivity index (χ4n) is 2.46. The van der Waals surface area contributed by atoms with Gasteiger partial charge in [-0.2, -0.15) is 17.0 Å². The summed E-state index contributed by atoms with van der Waals surface area (Å²) in [5, 5.41) is 13.8. The zero-order chi connectivity index (χ0) is 19.8. The van der Waals surface area contributed by atoms with E-state index in [-0.39, 0.29) is 11.5 Å². The molecule has 3 rings (SSSR count). The second-order valence-corrected chi connectivity index (χ2v) is 8.77. The van der Waals surface area contributed by atoms with Crippen molar-refractivity contribution in [3.8, 4) is 6.07 Å². The minimum Gasteiger partial charge on any atom is -0.355 e. The molecule has 1 aromatic carbocycles. The fourth-order valence-corrected chi connectivity index (χ4v) is 4.81. The molecule has 6 nitrogen and oxygen atoms in total. The molecule has 1 amide bonds. The number of fused-ring (bicyclic) bond motifs is 1. The van der Waals surface area contributed by atoms with Crippen LogP contribution in [0, 0.1) is 11.3 Å². The van der Waals surface area contributed by atoms with Gasteiger partial charge in [0.25, 0.3) is 5.56 Å². The van der Waals surface area contributed by atoms with Crippen LogP contribution < -0.4 is 10.9 Å². The summed E-state index contributed by atoms with van der Waals surface area (Å²) in [6, 6.07) is 11.3. The number of thiazole rings is 1. The van der Waals surface area contributed by atoms with E-state index in [9.17, 15) is 9.59 Å². The van der Waals surface area contributed by atoms with Crippen molar-refractivity contribution < 1.29 is 4.79 Å². The van der Waals surface area contributed by atoms with Crippen LogP contribution in [-0.2, 0) is 16.3 Å². The maximum Gasteiger partial charge on any atom is 0.258 e. The Labute approximate surface area is 175 Å². The molecule has 9 heteroatoms. The van der Waals surface area contributed by atoms with E-state index in [0.29, 0.717) is 34.3 Å². The van der Waals surface area contributed by atoms with E-state index >= 15 is 0 Å². The Balaban J connectivity index is 1.33. The van der Waals surface area contributed by atoms with Crippen LogP contribution in [0.4, 0.5) is 0 Å². The van der Waals surface area contributed by atoms with Crippen molar-refractivity contribution in [2.45, 2.75) is 11.5 Å². The summed E-state index contributed by atoms with van der Waals surface area (Å²) in [4.78, 5) is 29.0. The Morgan fingerprint density at radius 1 is 1.29 bits per heavy atom. The number of hydrogen-bond donors (Lipinski definition) is 1. The van der Waals surface area contributed by atoms with Gasteiger partial charge in [0.2, 0.25) is 5.91 Å². The van der Waals surface area contributed by atoms with Gasteiger partial charge in [-0.05, 0) is 11.6 Å². The molecule has 3 aromatic rings. The summed E-state index contributed by atoms with van der Waals surface area (Å²) in [7, 11) is 0. The summed E-state index contributed by atoms with van der Waals surface area (Å²) in [6.45, 7) is 0.583. The van der Waals surface area contributed by atoms with Crippen LogP contribution in [-0.4, -0.2) is 33.3 Å². The number of rotatable bonds is 9. The monoisotopic (exact) mass is 430 g/mol. The highest BCUT2D eigenvalue weighted by Crippen LogP contribution is 2.15. The number of thioether (sulfide) groups is 2. The highest BCUT2D eigenvalue weighted by molar-refractivity contribution is 7.99. The maximum absolute atomic E-state index is 11.9. The minimum atomic E-state index is -0.0960. The largest absolute Gasteiger partial charge is 0.355 e. The molecule has 1 N–H and O–H groups in total. The first-order valence-electron chi connectivity index (χ1n) is 8.53. The lowest BCUT2D eigenvalue weighted by Crippen LogP contribution is -2.27. The van der Waals surface area contributed by atoms with Crippen LogP contribution in [0.2, 0.25) is 0 Å². The van der Waals surface area contributed by atoms with Crippen molar-refractivity contribution >= 4 is 45.7 Å². The number of aromatic nitrogens is 2. The zero-order valence-electron chi connectivity index (χ0n) is 15.0. The second-order valence-electron chi connectivity index (χ2n) is 5.81. The predicted molar refractivity (Wildman–Crippen MR) is 116 cm³/mol. The molecule has 0 saturated carbocycles. The van der Waals surface area contributed by atoms with E-state index < -0.39 is 0 Å². The fraction of sp³-hybridized carbons (Fsp3) is 0.263. The maximum atomic E-state index is 11.9. The van der Waals surface area contributed by atoms with E-state index in [1.54, 1.807) is 18.0 Å². The summed E-state index contributed by atoms with van der Waals surface area (Å²) < 4.78 is 1.51. The van der Waals surface area contributed by atoms with E-state index in [2.05, 4.69) is 16.4 Å². The second kappa shape index (κ2) is 10.3. The summed E-state index contributed by atoms with van der Waals surface area (Å²) in [6.07, 6.45) is 1.70. The Morgan fingerprint density at radius 2 is 2.14 bits per heavy atom. The van der Waals surface area contributed by atoms with E-state index in [1.807, 2.05) is 29.6 Å². The number of nitrogens with one attached hydrogen (secondary N) is 1. The molecule has 28 heavy (non-hydrogen) atoms. The molecule has 2 aromatic heterocycles. The molecule has 0 spiro atoms. The van der Waals surface area contributed by atoms with Gasteiger partial charge < -0.3 is 5.32 Å². The molecule has 0 aliphatic carbocycles. The van der Waals surface area contributed by atoms with Crippen molar-refractivity contribution in [2.75, 3.05) is 18.1 Å². The van der Waals surface area contributed by atoms with E-state index in [4.69, 9.17) is 5.26 Å². The molecular weight excluding hydrogens is 412 g/mol. The molecule has 0 radical (unpaired) electrons. The molecule has 0 saturated heterocycles. The van der Waals surface area contributed by atoms with Crippen LogP contribution in [0.1, 0.15) is 16.8 Å². The van der Waals surface area contributed by atoms with E-state index in [1.165, 1.54) is 33.6 Å². The zero-order valence-corrected chi connectivity index (χ0v) is 17.4. The molecule has 0 fully saturated rings. The standard InChI is InChI=1S/C19H18N4O2S3/c20-10-14-3-1-2-4-15(14)11-26-7-5-21-17(24)13-27-12-16-9-18(25)23-6-8-28-19(23)22-16/h1-4,6,8-9H,5,7,11-13H2,(H,21,24). The molecule has 0 aliphatic heterocycles. The predicted octanol–water partition coefficient (Wildman–Crippen LogP) is 2.91. The Kier molecular flexibility index (Phi) is 7.54. The lowest BCUT2D eigenvalue weighted by atomic mass is 10.1. The highest BCUT2D eigenvalue weighted by atomic mass is 32.2. The average molecular weight is 431 g/mol. The first kappa shape index (κ1) is 20.5. The van der Waals surface area contributed by atoms with Crippen LogP contribution in [0.25, 0.3) is 4.96 Å². The SMILES string of the molecule is N#Cc1ccccc1CSCCNC(=O)CSCc1cc(=O)n2ccsc2n1. The Bertz CT molecular complexity index is 1060. The summed E-state index contributed by atoms with van der Waals surface area (Å²) in [5.74, 6) is 2.35. The number of nitriles is 1. The van der Waals surface area contributed by atoms with Gasteiger partial charge in [-0.25, -0.2) is 4.98 Å². The lowest BCUT2D eigenvalue weighted by Gasteiger charge is -2.06. The van der Waals surface area contributed by atoms with Gasteiger partial charge in [-0.1, -0.05) is 18.2 Å². The van der Waals surface area contributed by atoms with Crippen LogP contribution in [0.5, 0.6) is 0 Å². The minimum absolute atomic E-state index is 0.0306. The van der Waals surface area contributed by atoms with Crippen LogP contribution >= 0.6 is 34.9 Å². The van der Waals surface area contributed by atoms with Gasteiger partial charge >= 0.3 is 0 Å². The first-order chi connectivity index (χ1) is 13.7. The van der Waals surface area contributed by atoms with Crippen molar-refractivity contribution in [3.63, 3.8) is 0 Å². The average Bonchev–Trinajstić information content (AvgIpc) is 3.17. The molecule has 0 atom stereocenters. The Hall–Kier alpha value is -2.28. The smallest absolute Gasteiger partial charge is 0.258 e. The number of benzene rings is 1. The third kappa shape index (κ3) is 5.61. The van der Waals surface area contributed by atoms with Crippen molar-refractivity contribution in [1.82, 2.24) is 14.7 Å². The third-order valence-electron chi connectivity index (χ3n) is 3.80. The van der Waals surface area contributed by atoms with Crippen LogP contribution in [0.3, 0.4) is 0 Å². The molecular formula is C19H18N4O2S3. The first-order valence-corrected chi connectivity index (χ1v) is 11.7. The number of carbonyl (C=O) groups is 1. The number of carbonyl (C=O) groups excluding carboxylic acids is 1. The van der Waals surface area contributed by atoms with Gasteiger partial charge in [0.05, 0.1) is 23.1 Å². The lowest BCUT2D eigenvalue weighted by molar-refractivity contribution is -0.118. The number of nitrogens with zero attached hydrogens (tertiary/aromatic N) is 3. The quantitative estimate of drug-likeness (QED) is 0.525. The topological polar surface area (TPSA) is 87.3 Å². The third-order valence-corrected chi connectivity index (χ3v) is 6.53. The number of hydrogen-bond acceptors (Lipinski definition) is 7. The molecule has 2 heterocycles. The summed E-state index contributed by atoms with van der Waals surface area (Å²) >= 11 is 4.54. The molecule has 0 aliphatic rings. The highest BCUT2D eigenvalue weighted by Gasteiger charge is 2.06. The van der Waals surface area contributed by atoms with Crippen molar-refractivity contribution in [1.29, 1.82) is 5.26 Å². The Morgan fingerprint density at radius 3 is 3.00 bits per heavy atom. The normalized spacial score (nSPS) is 10.7. The van der Waals surface area contributed by atoms with Gasteiger partial charge in [-0.3, -0.25) is 14.0 Å². The molecule has 0 unspecified atom stereocenters. The molecule has 144 valence electrons. The van der Waals surface area contributed by atoms with Gasteiger partial charge in [0.1, 0.15) is 0 Å². The summed E-state index contributed by atoms with van der Waals surface area (Å²) in [5.41, 5.74) is 2.31. The van der Waals surface area contributed by atoms with Gasteiger partial charge in [0.15, 0.2) is 4.96 Å². The van der Waals surface area contributed by atoms with Gasteiger partial charge in [-0.15, -0.1) is 23.1 Å². The van der Waals surface area contributed by atoms with Gasteiger partial charge in [0, 0.05) is 41.4 Å². The van der Waals surface area contributed by atoms with Crippen molar-refractivity contribution in [3.05, 3.63) is 69.1 Å². The van der Waals surface area contributed by atoms with E-state index in [0.717, 1.165) is 17.1 Å². The van der Waals surface area contributed by atoms with Crippen LogP contribution in [0.15, 0.2) is 46.7 Å². The van der Waals surface area contributed by atoms with Crippen molar-refractivity contribution in [2.24, 2.45) is 0 Å². The number of amides is 1.